The quantitative estimate of drug-likeness (QED) is 0.548. The smallest absolute Gasteiger partial charge is 0.243 e. The summed E-state index contributed by atoms with van der Waals surface area (Å²) in [6, 6.07) is 6.11. The number of aryl methyl sites for hydroxylation is 2. The Morgan fingerprint density at radius 2 is 2.13 bits per heavy atom. The molecule has 2 rings (SSSR count). The van der Waals surface area contributed by atoms with E-state index in [1.807, 2.05) is 6.07 Å². The van der Waals surface area contributed by atoms with Crippen LogP contribution in [0.5, 0.6) is 0 Å². The number of nitro groups is 1. The van der Waals surface area contributed by atoms with E-state index in [4.69, 9.17) is 0 Å². The average molecular weight is 203 g/mol. The number of fused-ring (bicyclic) bond motifs is 1. The normalized spacial score (nSPS) is 15.1. The summed E-state index contributed by atoms with van der Waals surface area (Å²) in [4.78, 5) is 10.1. The summed E-state index contributed by atoms with van der Waals surface area (Å²) in [6.07, 6.45) is 5.08. The Labute approximate surface area is 88.6 Å². The third-order valence-corrected chi connectivity index (χ3v) is 2.79. The molecule has 1 aliphatic rings. The van der Waals surface area contributed by atoms with Gasteiger partial charge in [-0.1, -0.05) is 18.2 Å². The summed E-state index contributed by atoms with van der Waals surface area (Å²) in [7, 11) is 0. The van der Waals surface area contributed by atoms with Crippen LogP contribution < -0.4 is 0 Å². The van der Waals surface area contributed by atoms with Gasteiger partial charge in [-0.15, -0.1) is 0 Å². The fourth-order valence-electron chi connectivity index (χ4n) is 1.98. The van der Waals surface area contributed by atoms with Crippen molar-refractivity contribution in [2.75, 3.05) is 0 Å². The summed E-state index contributed by atoms with van der Waals surface area (Å²) in [5.74, 6) is 0. The maximum absolute atomic E-state index is 10.5. The molecule has 0 radical (unpaired) electrons. The predicted molar refractivity (Wildman–Crippen MR) is 59.1 cm³/mol. The molecular formula is C12H13NO2. The Morgan fingerprint density at radius 3 is 2.87 bits per heavy atom. The van der Waals surface area contributed by atoms with E-state index >= 15 is 0 Å². The van der Waals surface area contributed by atoms with Gasteiger partial charge in [0.1, 0.15) is 0 Å². The molecule has 1 aliphatic carbocycles. The van der Waals surface area contributed by atoms with Crippen molar-refractivity contribution in [1.29, 1.82) is 0 Å². The molecule has 0 saturated carbocycles. The molecule has 15 heavy (non-hydrogen) atoms. The van der Waals surface area contributed by atoms with Crippen molar-refractivity contribution < 1.29 is 4.92 Å². The first-order valence-corrected chi connectivity index (χ1v) is 5.11. The standard InChI is InChI=1S/C12H13NO2/c1-9(13(14)15)7-10-5-6-11-3-2-4-12(11)8-10/h5-8H,2-4H2,1H3/b9-7-. The van der Waals surface area contributed by atoms with Gasteiger partial charge in [-0.2, -0.15) is 0 Å². The van der Waals surface area contributed by atoms with E-state index in [0.29, 0.717) is 0 Å². The van der Waals surface area contributed by atoms with Gasteiger partial charge in [0.05, 0.1) is 4.92 Å². The molecule has 1 aromatic carbocycles. The van der Waals surface area contributed by atoms with Crippen molar-refractivity contribution in [2.24, 2.45) is 0 Å². The van der Waals surface area contributed by atoms with E-state index in [0.717, 1.165) is 18.4 Å². The zero-order valence-corrected chi connectivity index (χ0v) is 8.69. The minimum absolute atomic E-state index is 0.188. The summed E-state index contributed by atoms with van der Waals surface area (Å²) < 4.78 is 0. The monoisotopic (exact) mass is 203 g/mol. The largest absolute Gasteiger partial charge is 0.259 e. The molecule has 0 fully saturated rings. The van der Waals surface area contributed by atoms with Crippen LogP contribution in [-0.4, -0.2) is 4.92 Å². The fourth-order valence-corrected chi connectivity index (χ4v) is 1.98. The summed E-state index contributed by atoms with van der Waals surface area (Å²) in [6.45, 7) is 1.52. The second kappa shape index (κ2) is 3.85. The van der Waals surface area contributed by atoms with E-state index < -0.39 is 0 Å². The summed E-state index contributed by atoms with van der Waals surface area (Å²) in [5.41, 5.74) is 3.86. The SMILES string of the molecule is C/C(=C/c1ccc2c(c1)CCC2)[N+](=O)[O-]. The van der Waals surface area contributed by atoms with E-state index in [1.54, 1.807) is 6.08 Å². The van der Waals surface area contributed by atoms with Gasteiger partial charge in [0.25, 0.3) is 0 Å². The molecule has 0 spiro atoms. The van der Waals surface area contributed by atoms with Gasteiger partial charge in [-0.3, -0.25) is 10.1 Å². The molecule has 1 aromatic rings. The van der Waals surface area contributed by atoms with Crippen LogP contribution in [0.15, 0.2) is 23.9 Å². The second-order valence-corrected chi connectivity index (χ2v) is 3.92. The number of rotatable bonds is 2. The predicted octanol–water partition coefficient (Wildman–Crippen LogP) is 2.81. The highest BCUT2D eigenvalue weighted by atomic mass is 16.6. The second-order valence-electron chi connectivity index (χ2n) is 3.92. The lowest BCUT2D eigenvalue weighted by Gasteiger charge is -2.00. The van der Waals surface area contributed by atoms with Gasteiger partial charge in [-0.05, 0) is 36.0 Å². The minimum atomic E-state index is -0.354. The molecule has 3 nitrogen and oxygen atoms in total. The number of benzene rings is 1. The summed E-state index contributed by atoms with van der Waals surface area (Å²) >= 11 is 0. The van der Waals surface area contributed by atoms with Crippen LogP contribution in [0, 0.1) is 10.1 Å². The fraction of sp³-hybridized carbons (Fsp3) is 0.333. The van der Waals surface area contributed by atoms with Crippen LogP contribution in [0.4, 0.5) is 0 Å². The lowest BCUT2D eigenvalue weighted by molar-refractivity contribution is -0.422. The number of hydrogen-bond donors (Lipinski definition) is 0. The van der Waals surface area contributed by atoms with Crippen LogP contribution in [0.1, 0.15) is 30.0 Å². The Morgan fingerprint density at radius 1 is 1.40 bits per heavy atom. The van der Waals surface area contributed by atoms with Gasteiger partial charge < -0.3 is 0 Å². The summed E-state index contributed by atoms with van der Waals surface area (Å²) in [5, 5.41) is 10.5. The Bertz CT molecular complexity index is 435. The Hall–Kier alpha value is -1.64. The van der Waals surface area contributed by atoms with E-state index in [9.17, 15) is 10.1 Å². The van der Waals surface area contributed by atoms with Crippen molar-refractivity contribution in [3.8, 4) is 0 Å². The van der Waals surface area contributed by atoms with Crippen molar-refractivity contribution in [3.63, 3.8) is 0 Å². The molecular weight excluding hydrogens is 190 g/mol. The first-order chi connectivity index (χ1) is 7.16. The number of nitrogens with zero attached hydrogens (tertiary/aromatic N) is 1. The van der Waals surface area contributed by atoms with Gasteiger partial charge in [0, 0.05) is 13.0 Å². The lowest BCUT2D eigenvalue weighted by atomic mass is 10.1. The topological polar surface area (TPSA) is 43.1 Å². The van der Waals surface area contributed by atoms with Gasteiger partial charge in [0.2, 0.25) is 5.70 Å². The first-order valence-electron chi connectivity index (χ1n) is 5.11. The van der Waals surface area contributed by atoms with Gasteiger partial charge in [0.15, 0.2) is 0 Å². The zero-order chi connectivity index (χ0) is 10.8. The van der Waals surface area contributed by atoms with E-state index in [1.165, 1.54) is 24.5 Å². The van der Waals surface area contributed by atoms with Crippen LogP contribution in [0.3, 0.4) is 0 Å². The average Bonchev–Trinajstić information content (AvgIpc) is 2.64. The molecule has 0 atom stereocenters. The van der Waals surface area contributed by atoms with Gasteiger partial charge >= 0.3 is 0 Å². The van der Waals surface area contributed by atoms with Crippen LogP contribution in [-0.2, 0) is 12.8 Å². The number of hydrogen-bond acceptors (Lipinski definition) is 2. The van der Waals surface area contributed by atoms with E-state index in [-0.39, 0.29) is 10.6 Å². The highest BCUT2D eigenvalue weighted by Crippen LogP contribution is 2.23. The molecule has 0 aliphatic heterocycles. The Balaban J connectivity index is 2.31. The van der Waals surface area contributed by atoms with Crippen LogP contribution >= 0.6 is 0 Å². The van der Waals surface area contributed by atoms with Crippen LogP contribution in [0.2, 0.25) is 0 Å². The molecule has 0 saturated heterocycles. The van der Waals surface area contributed by atoms with Crippen molar-refractivity contribution in [1.82, 2.24) is 0 Å². The Kier molecular flexibility index (Phi) is 2.54. The highest BCUT2D eigenvalue weighted by molar-refractivity contribution is 5.53. The number of allylic oxidation sites excluding steroid dienone is 1. The highest BCUT2D eigenvalue weighted by Gasteiger charge is 2.11. The van der Waals surface area contributed by atoms with Crippen molar-refractivity contribution in [2.45, 2.75) is 26.2 Å². The molecule has 0 unspecified atom stereocenters. The molecule has 0 N–H and O–H groups in total. The van der Waals surface area contributed by atoms with E-state index in [2.05, 4.69) is 12.1 Å². The lowest BCUT2D eigenvalue weighted by Crippen LogP contribution is -1.93. The van der Waals surface area contributed by atoms with Crippen molar-refractivity contribution in [3.05, 3.63) is 50.7 Å². The molecule has 0 bridgehead atoms. The third kappa shape index (κ3) is 2.06. The minimum Gasteiger partial charge on any atom is -0.259 e. The first kappa shape index (κ1) is 9.90. The van der Waals surface area contributed by atoms with Crippen molar-refractivity contribution >= 4 is 6.08 Å². The third-order valence-electron chi connectivity index (χ3n) is 2.79. The molecule has 78 valence electrons. The maximum atomic E-state index is 10.5. The molecule has 0 aromatic heterocycles. The zero-order valence-electron chi connectivity index (χ0n) is 8.69. The maximum Gasteiger partial charge on any atom is 0.243 e. The van der Waals surface area contributed by atoms with Gasteiger partial charge in [-0.25, -0.2) is 0 Å². The van der Waals surface area contributed by atoms with Crippen LogP contribution in [0.25, 0.3) is 6.08 Å². The molecule has 0 amide bonds. The molecule has 0 heterocycles. The molecule has 3 heteroatoms.